The van der Waals surface area contributed by atoms with Gasteiger partial charge >= 0.3 is 0 Å². The predicted octanol–water partition coefficient (Wildman–Crippen LogP) is 2.05. The van der Waals surface area contributed by atoms with Crippen LogP contribution in [0.4, 0.5) is 8.78 Å². The molecule has 1 N–H and O–H groups in total. The number of aromatic nitrogens is 6. The van der Waals surface area contributed by atoms with E-state index >= 15 is 0 Å². The lowest BCUT2D eigenvalue weighted by atomic mass is 9.84. The van der Waals surface area contributed by atoms with Crippen LogP contribution in [0.25, 0.3) is 5.78 Å². The number of halogens is 2. The molecule has 1 fully saturated rings. The molecule has 8 nitrogen and oxygen atoms in total. The number of rotatable bonds is 3. The Kier molecular flexibility index (Phi) is 4.09. The fourth-order valence-electron chi connectivity index (χ4n) is 3.40. The molecule has 1 aliphatic heterocycles. The fourth-order valence-corrected chi connectivity index (χ4v) is 3.40. The molecule has 3 aromatic heterocycles. The number of alkyl halides is 2. The van der Waals surface area contributed by atoms with Crippen LogP contribution >= 0.6 is 0 Å². The van der Waals surface area contributed by atoms with Crippen molar-refractivity contribution in [3.8, 4) is 0 Å². The van der Waals surface area contributed by atoms with Crippen LogP contribution < -0.4 is 0 Å². The van der Waals surface area contributed by atoms with Gasteiger partial charge in [0.2, 0.25) is 0 Å². The number of carbonyl (C=O) groups is 1. The second kappa shape index (κ2) is 6.43. The Morgan fingerprint density at radius 2 is 2.23 bits per heavy atom. The summed E-state index contributed by atoms with van der Waals surface area (Å²) in [5.41, 5.74) is 0.259. The Hall–Kier alpha value is -2.91. The summed E-state index contributed by atoms with van der Waals surface area (Å²) < 4.78 is 28.0. The number of carbonyl (C=O) groups excluding carboxylic acids is 1. The van der Waals surface area contributed by atoms with Crippen molar-refractivity contribution in [2.24, 2.45) is 5.92 Å². The van der Waals surface area contributed by atoms with E-state index in [-0.39, 0.29) is 35.0 Å². The van der Waals surface area contributed by atoms with Crippen molar-refractivity contribution in [1.29, 1.82) is 0 Å². The lowest BCUT2D eigenvalue weighted by molar-refractivity contribution is 0.0654. The summed E-state index contributed by atoms with van der Waals surface area (Å²) >= 11 is 0. The van der Waals surface area contributed by atoms with E-state index in [4.69, 9.17) is 0 Å². The van der Waals surface area contributed by atoms with Crippen LogP contribution in [0.1, 0.15) is 47.7 Å². The summed E-state index contributed by atoms with van der Waals surface area (Å²) in [6.45, 7) is 3.03. The summed E-state index contributed by atoms with van der Waals surface area (Å²) in [7, 11) is 0. The van der Waals surface area contributed by atoms with Crippen molar-refractivity contribution in [3.63, 3.8) is 0 Å². The number of hydrogen-bond acceptors (Lipinski definition) is 5. The molecule has 136 valence electrons. The molecule has 2 atom stereocenters. The number of imidazole rings is 1. The average molecular weight is 361 g/mol. The number of fused-ring (bicyclic) bond motifs is 1. The van der Waals surface area contributed by atoms with E-state index in [1.165, 1.54) is 23.1 Å². The first-order valence-corrected chi connectivity index (χ1v) is 8.32. The normalized spacial score (nSPS) is 20.8. The minimum Gasteiger partial charge on any atom is -0.341 e. The van der Waals surface area contributed by atoms with Crippen molar-refractivity contribution in [1.82, 2.24) is 34.4 Å². The van der Waals surface area contributed by atoms with Gasteiger partial charge in [0.25, 0.3) is 18.1 Å². The minimum atomic E-state index is -2.70. The number of piperidine rings is 1. The van der Waals surface area contributed by atoms with Crippen molar-refractivity contribution in [3.05, 3.63) is 42.0 Å². The topological polar surface area (TPSA) is 92.1 Å². The molecule has 0 saturated carbocycles. The number of hydrogen-bond donors (Lipinski definition) is 1. The van der Waals surface area contributed by atoms with Crippen LogP contribution in [-0.2, 0) is 0 Å². The molecule has 0 aromatic carbocycles. The quantitative estimate of drug-likeness (QED) is 0.771. The van der Waals surface area contributed by atoms with Crippen LogP contribution in [-0.4, -0.2) is 53.4 Å². The first kappa shape index (κ1) is 16.6. The largest absolute Gasteiger partial charge is 0.341 e. The van der Waals surface area contributed by atoms with Crippen LogP contribution in [0.5, 0.6) is 0 Å². The van der Waals surface area contributed by atoms with Gasteiger partial charge in [-0.2, -0.15) is 10.1 Å². The maximum Gasteiger partial charge on any atom is 0.289 e. The van der Waals surface area contributed by atoms with Gasteiger partial charge in [-0.3, -0.25) is 4.79 Å². The number of aromatic amines is 1. The lowest BCUT2D eigenvalue weighted by Gasteiger charge is -2.36. The standard InChI is InChI=1S/C16H17F2N7O/c1-9-2-5-24(15(26)14-19-3-4-20-14)7-10(9)12-6-11(13(17)18)23-16-21-8-22-25(12)16/h3-4,6,8-10,13H,2,5,7H2,1H3,(H,19,20)/t9-,10-/m1/s1. The third-order valence-corrected chi connectivity index (χ3v) is 4.85. The van der Waals surface area contributed by atoms with Crippen molar-refractivity contribution >= 4 is 11.7 Å². The predicted molar refractivity (Wildman–Crippen MR) is 86.8 cm³/mol. The van der Waals surface area contributed by atoms with Gasteiger partial charge in [-0.15, -0.1) is 0 Å². The Balaban J connectivity index is 1.70. The first-order valence-electron chi connectivity index (χ1n) is 8.32. The summed E-state index contributed by atoms with van der Waals surface area (Å²) in [4.78, 5) is 28.9. The molecular formula is C16H17F2N7O. The number of nitrogens with zero attached hydrogens (tertiary/aromatic N) is 6. The van der Waals surface area contributed by atoms with Gasteiger partial charge < -0.3 is 9.88 Å². The zero-order valence-corrected chi connectivity index (χ0v) is 14.0. The van der Waals surface area contributed by atoms with Gasteiger partial charge in [-0.1, -0.05) is 6.92 Å². The number of H-pyrrole nitrogens is 1. The molecular weight excluding hydrogens is 344 g/mol. The molecule has 0 bridgehead atoms. The molecule has 4 rings (SSSR count). The molecule has 0 radical (unpaired) electrons. The van der Waals surface area contributed by atoms with E-state index in [0.717, 1.165) is 6.42 Å². The van der Waals surface area contributed by atoms with Crippen LogP contribution in [0.3, 0.4) is 0 Å². The minimum absolute atomic E-state index is 0.138. The van der Waals surface area contributed by atoms with Gasteiger partial charge in [-0.25, -0.2) is 23.3 Å². The second-order valence-electron chi connectivity index (χ2n) is 6.44. The van der Waals surface area contributed by atoms with Gasteiger partial charge in [-0.05, 0) is 18.4 Å². The molecule has 10 heteroatoms. The van der Waals surface area contributed by atoms with Gasteiger partial charge in [0.1, 0.15) is 12.0 Å². The van der Waals surface area contributed by atoms with Crippen LogP contribution in [0.15, 0.2) is 24.8 Å². The van der Waals surface area contributed by atoms with E-state index in [0.29, 0.717) is 18.8 Å². The molecule has 4 heterocycles. The molecule has 1 aliphatic rings. The molecule has 26 heavy (non-hydrogen) atoms. The van der Waals surface area contributed by atoms with Crippen molar-refractivity contribution in [2.75, 3.05) is 13.1 Å². The third kappa shape index (κ3) is 2.80. The highest BCUT2D eigenvalue weighted by molar-refractivity contribution is 5.90. The Morgan fingerprint density at radius 3 is 2.96 bits per heavy atom. The highest BCUT2D eigenvalue weighted by Gasteiger charge is 2.33. The number of amides is 1. The molecule has 0 unspecified atom stereocenters. The fraction of sp³-hybridized carbons (Fsp3) is 0.438. The summed E-state index contributed by atoms with van der Waals surface area (Å²) in [6.07, 6.45) is 2.46. The maximum atomic E-state index is 13.2. The second-order valence-corrected chi connectivity index (χ2v) is 6.44. The van der Waals surface area contributed by atoms with E-state index in [2.05, 4.69) is 25.0 Å². The summed E-state index contributed by atoms with van der Waals surface area (Å²) in [5.74, 6) is 0.236. The van der Waals surface area contributed by atoms with Crippen molar-refractivity contribution in [2.45, 2.75) is 25.7 Å². The SMILES string of the molecule is C[C@@H]1CCN(C(=O)c2ncc[nH]2)C[C@H]1c1cc(C(F)F)nc2ncnn12. The maximum absolute atomic E-state index is 13.2. The average Bonchev–Trinajstić information content (AvgIpc) is 3.32. The van der Waals surface area contributed by atoms with Gasteiger partial charge in [0.05, 0.1) is 5.69 Å². The van der Waals surface area contributed by atoms with E-state index < -0.39 is 6.43 Å². The smallest absolute Gasteiger partial charge is 0.289 e. The van der Waals surface area contributed by atoms with Gasteiger partial charge in [0, 0.05) is 31.4 Å². The number of likely N-dealkylation sites (tertiary alicyclic amines) is 1. The Labute approximate surface area is 147 Å². The van der Waals surface area contributed by atoms with Crippen LogP contribution in [0.2, 0.25) is 0 Å². The Bertz CT molecular complexity index is 924. The molecule has 3 aromatic rings. The van der Waals surface area contributed by atoms with Gasteiger partial charge in [0.15, 0.2) is 5.82 Å². The first-order chi connectivity index (χ1) is 12.5. The number of nitrogens with one attached hydrogen (secondary N) is 1. The van der Waals surface area contributed by atoms with E-state index in [1.807, 2.05) is 6.92 Å². The van der Waals surface area contributed by atoms with Crippen LogP contribution in [0, 0.1) is 5.92 Å². The van der Waals surface area contributed by atoms with E-state index in [9.17, 15) is 13.6 Å². The zero-order valence-electron chi connectivity index (χ0n) is 14.0. The van der Waals surface area contributed by atoms with E-state index in [1.54, 1.807) is 11.1 Å². The molecule has 0 spiro atoms. The monoisotopic (exact) mass is 361 g/mol. The summed E-state index contributed by atoms with van der Waals surface area (Å²) in [6, 6.07) is 1.37. The van der Waals surface area contributed by atoms with Crippen molar-refractivity contribution < 1.29 is 13.6 Å². The molecule has 1 saturated heterocycles. The summed E-state index contributed by atoms with van der Waals surface area (Å²) in [5, 5.41) is 4.12. The third-order valence-electron chi connectivity index (χ3n) is 4.85. The molecule has 0 aliphatic carbocycles. The highest BCUT2D eigenvalue weighted by atomic mass is 19.3. The Morgan fingerprint density at radius 1 is 1.38 bits per heavy atom. The highest BCUT2D eigenvalue weighted by Crippen LogP contribution is 2.33. The zero-order chi connectivity index (χ0) is 18.3. The molecule has 1 amide bonds. The lowest BCUT2D eigenvalue weighted by Crippen LogP contribution is -2.43.